The maximum Gasteiger partial charge on any atom is 0.118 e. The van der Waals surface area contributed by atoms with Gasteiger partial charge in [0.05, 0.1) is 23.0 Å². The van der Waals surface area contributed by atoms with Crippen LogP contribution in [0.5, 0.6) is 0 Å². The normalized spacial score (nSPS) is 13.2. The molecule has 2 aromatic carbocycles. The van der Waals surface area contributed by atoms with Gasteiger partial charge in [-0.25, -0.2) is 4.68 Å². The highest BCUT2D eigenvalue weighted by Gasteiger charge is 2.35. The molecule has 0 bridgehead atoms. The molecule has 0 saturated carbocycles. The first-order valence-corrected chi connectivity index (χ1v) is 8.36. The second-order valence-corrected chi connectivity index (χ2v) is 6.20. The molecule has 1 atom stereocenters. The van der Waals surface area contributed by atoms with E-state index in [1.807, 2.05) is 67.9 Å². The van der Waals surface area contributed by atoms with Crippen molar-refractivity contribution in [1.29, 1.82) is 5.26 Å². The molecule has 0 radical (unpaired) electrons. The van der Waals surface area contributed by atoms with E-state index in [9.17, 15) is 5.11 Å². The summed E-state index contributed by atoms with van der Waals surface area (Å²) in [7, 11) is 0. The van der Waals surface area contributed by atoms with Gasteiger partial charge in [0, 0.05) is 11.3 Å². The van der Waals surface area contributed by atoms with Crippen LogP contribution < -0.4 is 0 Å². The zero-order chi connectivity index (χ0) is 18.0. The molecule has 0 fully saturated rings. The molecule has 0 spiro atoms. The Bertz CT molecular complexity index is 920. The van der Waals surface area contributed by atoms with Crippen molar-refractivity contribution in [2.24, 2.45) is 0 Å². The van der Waals surface area contributed by atoms with Gasteiger partial charge in [0.1, 0.15) is 5.60 Å². The highest BCUT2D eigenvalue weighted by molar-refractivity contribution is 5.46. The number of rotatable bonds is 4. The van der Waals surface area contributed by atoms with Crippen LogP contribution in [0.4, 0.5) is 0 Å². The number of aromatic nitrogens is 2. The van der Waals surface area contributed by atoms with E-state index >= 15 is 0 Å². The highest BCUT2D eigenvalue weighted by Crippen LogP contribution is 2.37. The summed E-state index contributed by atoms with van der Waals surface area (Å²) in [6.07, 6.45) is 0.553. The second-order valence-electron chi connectivity index (χ2n) is 6.20. The first-order chi connectivity index (χ1) is 12.0. The topological polar surface area (TPSA) is 61.8 Å². The third-order valence-electron chi connectivity index (χ3n) is 4.71. The monoisotopic (exact) mass is 331 g/mol. The van der Waals surface area contributed by atoms with Crippen LogP contribution in [0.3, 0.4) is 0 Å². The van der Waals surface area contributed by atoms with Gasteiger partial charge in [-0.15, -0.1) is 0 Å². The summed E-state index contributed by atoms with van der Waals surface area (Å²) in [5.74, 6) is 0. The lowest BCUT2D eigenvalue weighted by atomic mass is 9.83. The first-order valence-electron chi connectivity index (χ1n) is 8.36. The van der Waals surface area contributed by atoms with Crippen molar-refractivity contribution in [3.63, 3.8) is 0 Å². The van der Waals surface area contributed by atoms with Gasteiger partial charge in [-0.1, -0.05) is 37.3 Å². The van der Waals surface area contributed by atoms with E-state index in [0.29, 0.717) is 12.0 Å². The van der Waals surface area contributed by atoms with Gasteiger partial charge in [0.15, 0.2) is 0 Å². The van der Waals surface area contributed by atoms with Crippen LogP contribution in [0.1, 0.15) is 41.4 Å². The van der Waals surface area contributed by atoms with Gasteiger partial charge in [-0.3, -0.25) is 0 Å². The van der Waals surface area contributed by atoms with Crippen molar-refractivity contribution in [2.45, 2.75) is 32.8 Å². The molecule has 25 heavy (non-hydrogen) atoms. The second kappa shape index (κ2) is 6.54. The van der Waals surface area contributed by atoms with E-state index in [0.717, 1.165) is 28.2 Å². The summed E-state index contributed by atoms with van der Waals surface area (Å²) in [6, 6.07) is 19.1. The zero-order valence-electron chi connectivity index (χ0n) is 14.7. The molecule has 0 aliphatic heterocycles. The fourth-order valence-corrected chi connectivity index (χ4v) is 3.41. The summed E-state index contributed by atoms with van der Waals surface area (Å²) in [4.78, 5) is 0. The highest BCUT2D eigenvalue weighted by atomic mass is 16.3. The number of aryl methyl sites for hydroxylation is 1. The SMILES string of the molecule is CCC(O)(c1ccccc1)c1c(C)nn(-c2ccc(C#N)cc2)c1C. The van der Waals surface area contributed by atoms with E-state index in [-0.39, 0.29) is 0 Å². The van der Waals surface area contributed by atoms with Gasteiger partial charge in [-0.2, -0.15) is 10.4 Å². The van der Waals surface area contributed by atoms with E-state index in [2.05, 4.69) is 11.2 Å². The minimum Gasteiger partial charge on any atom is -0.380 e. The van der Waals surface area contributed by atoms with E-state index in [4.69, 9.17) is 5.26 Å². The predicted molar refractivity (Wildman–Crippen MR) is 97.5 cm³/mol. The molecular weight excluding hydrogens is 310 g/mol. The molecule has 1 aromatic heterocycles. The van der Waals surface area contributed by atoms with Crippen molar-refractivity contribution in [3.05, 3.63) is 82.7 Å². The summed E-state index contributed by atoms with van der Waals surface area (Å²) in [5.41, 5.74) is 3.80. The molecule has 0 saturated heterocycles. The Balaban J connectivity index is 2.15. The Morgan fingerprint density at radius 3 is 2.28 bits per heavy atom. The minimum absolute atomic E-state index is 0.553. The van der Waals surface area contributed by atoms with Crippen LogP contribution in [0, 0.1) is 25.2 Å². The average molecular weight is 331 g/mol. The van der Waals surface area contributed by atoms with Crippen LogP contribution in [0.2, 0.25) is 0 Å². The third kappa shape index (κ3) is 2.84. The van der Waals surface area contributed by atoms with E-state index in [1.165, 1.54) is 0 Å². The van der Waals surface area contributed by atoms with Gasteiger partial charge in [0.25, 0.3) is 0 Å². The minimum atomic E-state index is -1.08. The maximum absolute atomic E-state index is 11.5. The molecule has 4 heteroatoms. The largest absolute Gasteiger partial charge is 0.380 e. The molecular formula is C21H21N3O. The van der Waals surface area contributed by atoms with Gasteiger partial charge in [0.2, 0.25) is 0 Å². The van der Waals surface area contributed by atoms with Crippen LogP contribution in [0.15, 0.2) is 54.6 Å². The first kappa shape index (κ1) is 16.9. The third-order valence-corrected chi connectivity index (χ3v) is 4.71. The molecule has 1 unspecified atom stereocenters. The molecule has 0 aliphatic rings. The average Bonchev–Trinajstić information content (AvgIpc) is 2.96. The van der Waals surface area contributed by atoms with E-state index in [1.54, 1.807) is 12.1 Å². The van der Waals surface area contributed by atoms with Crippen LogP contribution in [-0.4, -0.2) is 14.9 Å². The standard InChI is InChI=1S/C21H21N3O/c1-4-21(25,18-8-6-5-7-9-18)20-15(2)23-24(16(20)3)19-12-10-17(14-22)11-13-19/h5-13,25H,4H2,1-3H3. The number of hydrogen-bond acceptors (Lipinski definition) is 3. The van der Waals surface area contributed by atoms with Crippen molar-refractivity contribution >= 4 is 0 Å². The smallest absolute Gasteiger partial charge is 0.118 e. The molecule has 0 aliphatic carbocycles. The van der Waals surface area contributed by atoms with Crippen LogP contribution in [0.25, 0.3) is 5.69 Å². The van der Waals surface area contributed by atoms with Gasteiger partial charge >= 0.3 is 0 Å². The fraction of sp³-hybridized carbons (Fsp3) is 0.238. The molecule has 126 valence electrons. The number of hydrogen-bond donors (Lipinski definition) is 1. The van der Waals surface area contributed by atoms with Gasteiger partial charge in [-0.05, 0) is 50.1 Å². The predicted octanol–water partition coefficient (Wildman–Crippen LogP) is 4.01. The molecule has 3 aromatic rings. The summed E-state index contributed by atoms with van der Waals surface area (Å²) >= 11 is 0. The Kier molecular flexibility index (Phi) is 4.43. The van der Waals surface area contributed by atoms with E-state index < -0.39 is 5.60 Å². The Morgan fingerprint density at radius 1 is 1.08 bits per heavy atom. The molecule has 1 heterocycles. The molecule has 3 rings (SSSR count). The zero-order valence-corrected chi connectivity index (χ0v) is 14.7. The number of benzene rings is 2. The van der Waals surface area contributed by atoms with Crippen LogP contribution in [-0.2, 0) is 5.60 Å². The Hall–Kier alpha value is -2.90. The lowest BCUT2D eigenvalue weighted by molar-refractivity contribution is 0.0752. The lowest BCUT2D eigenvalue weighted by Crippen LogP contribution is -2.27. The fourth-order valence-electron chi connectivity index (χ4n) is 3.41. The summed E-state index contributed by atoms with van der Waals surface area (Å²) in [5, 5.41) is 25.1. The molecule has 0 amide bonds. The number of nitrogens with zero attached hydrogens (tertiary/aromatic N) is 3. The number of nitriles is 1. The number of aliphatic hydroxyl groups is 1. The lowest BCUT2D eigenvalue weighted by Gasteiger charge is -2.28. The van der Waals surface area contributed by atoms with Crippen molar-refractivity contribution in [2.75, 3.05) is 0 Å². The Labute approximate surface area is 148 Å². The van der Waals surface area contributed by atoms with Gasteiger partial charge < -0.3 is 5.11 Å². The maximum atomic E-state index is 11.5. The molecule has 1 N–H and O–H groups in total. The Morgan fingerprint density at radius 2 is 1.72 bits per heavy atom. The summed E-state index contributed by atoms with van der Waals surface area (Å²) < 4.78 is 1.83. The van der Waals surface area contributed by atoms with Crippen molar-refractivity contribution < 1.29 is 5.11 Å². The van der Waals surface area contributed by atoms with Crippen LogP contribution >= 0.6 is 0 Å². The van der Waals surface area contributed by atoms with Crippen molar-refractivity contribution in [3.8, 4) is 11.8 Å². The van der Waals surface area contributed by atoms with Crippen molar-refractivity contribution in [1.82, 2.24) is 9.78 Å². The summed E-state index contributed by atoms with van der Waals surface area (Å²) in [6.45, 7) is 5.87. The molecule has 4 nitrogen and oxygen atoms in total. The quantitative estimate of drug-likeness (QED) is 0.786.